The third kappa shape index (κ3) is 2.88. The van der Waals surface area contributed by atoms with Gasteiger partial charge in [0.15, 0.2) is 5.82 Å². The zero-order valence-electron chi connectivity index (χ0n) is 10.6. The second-order valence-electron chi connectivity index (χ2n) is 4.30. The molecule has 0 radical (unpaired) electrons. The van der Waals surface area contributed by atoms with Gasteiger partial charge < -0.3 is 0 Å². The molecule has 0 atom stereocenters. The van der Waals surface area contributed by atoms with Crippen LogP contribution in [-0.2, 0) is 13.0 Å². The lowest BCUT2D eigenvalue weighted by atomic mass is 10.1. The van der Waals surface area contributed by atoms with Crippen LogP contribution in [0.15, 0.2) is 39.2 Å². The molecule has 3 aromatic rings. The summed E-state index contributed by atoms with van der Waals surface area (Å²) in [5.41, 5.74) is 1.95. The maximum Gasteiger partial charge on any atom is 0.441 e. The summed E-state index contributed by atoms with van der Waals surface area (Å²) in [6.07, 6.45) is 1.74. The van der Waals surface area contributed by atoms with E-state index < -0.39 is 11.6 Å². The lowest BCUT2D eigenvalue weighted by molar-refractivity contribution is 0.375. The van der Waals surface area contributed by atoms with Gasteiger partial charge in [-0.25, -0.2) is 9.18 Å². The molecule has 0 saturated carbocycles. The van der Waals surface area contributed by atoms with Crippen LogP contribution in [0, 0.1) is 5.82 Å². The van der Waals surface area contributed by atoms with E-state index in [0.717, 1.165) is 4.88 Å². The first-order chi connectivity index (χ1) is 10.1. The van der Waals surface area contributed by atoms with Crippen molar-refractivity contribution in [3.63, 3.8) is 0 Å². The molecule has 21 heavy (non-hydrogen) atoms. The Bertz CT molecular complexity index is 793. The van der Waals surface area contributed by atoms with Gasteiger partial charge in [0.2, 0.25) is 0 Å². The quantitative estimate of drug-likeness (QED) is 0.740. The highest BCUT2D eigenvalue weighted by molar-refractivity contribution is 7.09. The molecule has 0 aliphatic carbocycles. The smallest absolute Gasteiger partial charge is 0.296 e. The van der Waals surface area contributed by atoms with Crippen molar-refractivity contribution in [2.24, 2.45) is 0 Å². The Morgan fingerprint density at radius 3 is 3.00 bits per heavy atom. The topological polar surface area (TPSA) is 60.9 Å². The first-order valence-electron chi connectivity index (χ1n) is 6.01. The van der Waals surface area contributed by atoms with Gasteiger partial charge in [0.05, 0.1) is 12.1 Å². The molecule has 108 valence electrons. The van der Waals surface area contributed by atoms with E-state index in [1.807, 2.05) is 0 Å². The number of nitrogens with zero attached hydrogens (tertiary/aromatic N) is 3. The van der Waals surface area contributed by atoms with Crippen LogP contribution in [0.3, 0.4) is 0 Å². The van der Waals surface area contributed by atoms with Crippen molar-refractivity contribution in [2.75, 3.05) is 0 Å². The molecule has 0 spiro atoms. The van der Waals surface area contributed by atoms with Crippen LogP contribution in [0.2, 0.25) is 5.02 Å². The molecular formula is C13H9ClFN3O2S. The fourth-order valence-electron chi connectivity index (χ4n) is 1.91. The van der Waals surface area contributed by atoms with Gasteiger partial charge in [0.1, 0.15) is 5.82 Å². The highest BCUT2D eigenvalue weighted by Gasteiger charge is 2.16. The first kappa shape index (κ1) is 14.0. The molecule has 0 unspecified atom stereocenters. The fraction of sp³-hybridized carbons (Fsp3) is 0.154. The Morgan fingerprint density at radius 2 is 2.29 bits per heavy atom. The summed E-state index contributed by atoms with van der Waals surface area (Å²) in [6.45, 7) is 0.286. The van der Waals surface area contributed by atoms with Crippen molar-refractivity contribution in [1.29, 1.82) is 0 Å². The molecular weight excluding hydrogens is 317 g/mol. The Balaban J connectivity index is 1.95. The second kappa shape index (κ2) is 5.79. The standard InChI is InChI=1S/C13H9ClFN3O2S/c14-10-2-1-3-11(15)9(10)4-12-17-20-13(19)18(12)6-8-5-16-7-21-8/h1-3,5,7H,4,6H2. The highest BCUT2D eigenvalue weighted by atomic mass is 35.5. The van der Waals surface area contributed by atoms with Gasteiger partial charge in [-0.1, -0.05) is 22.8 Å². The number of hydrogen-bond acceptors (Lipinski definition) is 5. The summed E-state index contributed by atoms with van der Waals surface area (Å²) in [5, 5.41) is 3.99. The fourth-order valence-corrected chi connectivity index (χ4v) is 2.73. The van der Waals surface area contributed by atoms with Crippen molar-refractivity contribution >= 4 is 22.9 Å². The molecule has 3 rings (SSSR count). The van der Waals surface area contributed by atoms with E-state index in [1.165, 1.54) is 28.0 Å². The zero-order valence-corrected chi connectivity index (χ0v) is 12.2. The maximum absolute atomic E-state index is 13.8. The van der Waals surface area contributed by atoms with Crippen LogP contribution >= 0.6 is 22.9 Å². The molecule has 8 heteroatoms. The summed E-state index contributed by atoms with van der Waals surface area (Å²) in [6, 6.07) is 4.42. The van der Waals surface area contributed by atoms with E-state index >= 15 is 0 Å². The van der Waals surface area contributed by atoms with Gasteiger partial charge in [0.25, 0.3) is 0 Å². The molecule has 0 N–H and O–H groups in total. The number of thiazole rings is 1. The Hall–Kier alpha value is -1.99. The molecule has 5 nitrogen and oxygen atoms in total. The van der Waals surface area contributed by atoms with E-state index in [0.29, 0.717) is 5.82 Å². The monoisotopic (exact) mass is 325 g/mol. The van der Waals surface area contributed by atoms with Crippen molar-refractivity contribution in [3.05, 3.63) is 67.6 Å². The van der Waals surface area contributed by atoms with Crippen LogP contribution in [0.4, 0.5) is 4.39 Å². The van der Waals surface area contributed by atoms with E-state index in [1.54, 1.807) is 17.8 Å². The minimum absolute atomic E-state index is 0.0794. The summed E-state index contributed by atoms with van der Waals surface area (Å²) >= 11 is 7.40. The van der Waals surface area contributed by atoms with Gasteiger partial charge >= 0.3 is 5.76 Å². The number of halogens is 2. The van der Waals surface area contributed by atoms with E-state index in [4.69, 9.17) is 11.6 Å². The largest absolute Gasteiger partial charge is 0.441 e. The van der Waals surface area contributed by atoms with Crippen LogP contribution in [-0.4, -0.2) is 14.7 Å². The van der Waals surface area contributed by atoms with Gasteiger partial charge in [-0.15, -0.1) is 11.3 Å². The van der Waals surface area contributed by atoms with Gasteiger partial charge in [-0.2, -0.15) is 0 Å². The molecule has 0 aliphatic heterocycles. The van der Waals surface area contributed by atoms with E-state index in [2.05, 4.69) is 14.7 Å². The van der Waals surface area contributed by atoms with Crippen molar-refractivity contribution in [3.8, 4) is 0 Å². The van der Waals surface area contributed by atoms with E-state index in [9.17, 15) is 9.18 Å². The van der Waals surface area contributed by atoms with Crippen molar-refractivity contribution < 1.29 is 8.91 Å². The third-order valence-corrected chi connectivity index (χ3v) is 4.07. The molecule has 2 heterocycles. The average molecular weight is 326 g/mol. The molecule has 0 amide bonds. The van der Waals surface area contributed by atoms with Gasteiger partial charge in [-0.3, -0.25) is 14.1 Å². The summed E-state index contributed by atoms with van der Waals surface area (Å²) < 4.78 is 19.8. The molecule has 0 bridgehead atoms. The van der Waals surface area contributed by atoms with Crippen molar-refractivity contribution in [1.82, 2.24) is 14.7 Å². The van der Waals surface area contributed by atoms with Crippen LogP contribution in [0.25, 0.3) is 0 Å². The molecule has 0 saturated heterocycles. The summed E-state index contributed by atoms with van der Waals surface area (Å²) in [4.78, 5) is 16.5. The lowest BCUT2D eigenvalue weighted by Crippen LogP contribution is -2.18. The Labute approximate surface area is 127 Å². The SMILES string of the molecule is O=c1onc(Cc2c(F)cccc2Cl)n1Cc1cncs1. The lowest BCUT2D eigenvalue weighted by Gasteiger charge is -2.06. The zero-order chi connectivity index (χ0) is 14.8. The number of hydrogen-bond donors (Lipinski definition) is 0. The predicted molar refractivity (Wildman–Crippen MR) is 76.2 cm³/mol. The first-order valence-corrected chi connectivity index (χ1v) is 7.26. The van der Waals surface area contributed by atoms with Gasteiger partial charge in [0, 0.05) is 28.1 Å². The van der Waals surface area contributed by atoms with Crippen LogP contribution < -0.4 is 5.76 Å². The molecule has 2 aromatic heterocycles. The minimum Gasteiger partial charge on any atom is -0.296 e. The molecule has 0 fully saturated rings. The highest BCUT2D eigenvalue weighted by Crippen LogP contribution is 2.21. The normalized spacial score (nSPS) is 11.0. The Kier molecular flexibility index (Phi) is 3.85. The summed E-state index contributed by atoms with van der Waals surface area (Å²) in [5.74, 6) is -0.714. The van der Waals surface area contributed by atoms with Gasteiger partial charge in [-0.05, 0) is 12.1 Å². The van der Waals surface area contributed by atoms with Crippen LogP contribution in [0.5, 0.6) is 0 Å². The number of benzene rings is 1. The number of aromatic nitrogens is 3. The third-order valence-electron chi connectivity index (χ3n) is 2.96. The second-order valence-corrected chi connectivity index (χ2v) is 5.67. The maximum atomic E-state index is 13.8. The Morgan fingerprint density at radius 1 is 1.43 bits per heavy atom. The molecule has 0 aliphatic rings. The number of rotatable bonds is 4. The van der Waals surface area contributed by atoms with Crippen molar-refractivity contribution in [2.45, 2.75) is 13.0 Å². The van der Waals surface area contributed by atoms with E-state index in [-0.39, 0.29) is 23.6 Å². The summed E-state index contributed by atoms with van der Waals surface area (Å²) in [7, 11) is 0. The minimum atomic E-state index is -0.592. The van der Waals surface area contributed by atoms with Crippen LogP contribution in [0.1, 0.15) is 16.3 Å². The molecule has 1 aromatic carbocycles. The average Bonchev–Trinajstić information content (AvgIpc) is 3.07. The predicted octanol–water partition coefficient (Wildman–Crippen LogP) is 2.72.